The summed E-state index contributed by atoms with van der Waals surface area (Å²) in [6.07, 6.45) is 12.2. The van der Waals surface area contributed by atoms with Crippen molar-refractivity contribution >= 4 is 12.3 Å². The van der Waals surface area contributed by atoms with E-state index >= 15 is 0 Å². The van der Waals surface area contributed by atoms with Crippen molar-refractivity contribution in [1.29, 1.82) is 5.26 Å². The maximum Gasteiger partial charge on any atom is 0.0991 e. The Bertz CT molecular complexity index is 892. The summed E-state index contributed by atoms with van der Waals surface area (Å²) in [7, 11) is 0. The Labute approximate surface area is 188 Å². The Morgan fingerprint density at radius 1 is 1.16 bits per heavy atom. The SMILES string of the molecule is C/C=C\C(=C/C(CCC)=C(C)C)c1ccc(C#N)cc1.C=C.C=NCc1cccnc1. The standard InChI is InChI=1S/C19H23N.C7H8N2.C2H4/c1-5-7-18(15(3)4)13-19(8-6-2)17-11-9-16(14-20)10-12-17;1-8-5-7-3-2-4-9-6-7;1-2/h6,8-13H,5,7H2,1-4H3;2-4,6H,1,5H2;1-2H2/b8-6-,19-13+;;. The van der Waals surface area contributed by atoms with Crippen LogP contribution in [0.5, 0.6) is 0 Å². The average Bonchev–Trinajstić information content (AvgIpc) is 2.81. The number of rotatable bonds is 7. The topological polar surface area (TPSA) is 49.0 Å². The molecule has 0 atom stereocenters. The van der Waals surface area contributed by atoms with E-state index in [0.29, 0.717) is 12.1 Å². The molecular weight excluding hydrogens is 378 g/mol. The molecule has 0 fully saturated rings. The second kappa shape index (κ2) is 17.4. The number of benzene rings is 1. The highest BCUT2D eigenvalue weighted by molar-refractivity contribution is 5.76. The first-order valence-electron chi connectivity index (χ1n) is 10.4. The van der Waals surface area contributed by atoms with Gasteiger partial charge in [-0.05, 0) is 74.4 Å². The Morgan fingerprint density at radius 2 is 1.84 bits per heavy atom. The summed E-state index contributed by atoms with van der Waals surface area (Å²) in [5.74, 6) is 0. The molecule has 2 rings (SSSR count). The van der Waals surface area contributed by atoms with Crippen molar-refractivity contribution < 1.29 is 0 Å². The molecule has 1 heterocycles. The minimum absolute atomic E-state index is 0.661. The van der Waals surface area contributed by atoms with E-state index in [1.807, 2.05) is 43.3 Å². The van der Waals surface area contributed by atoms with Gasteiger partial charge in [-0.25, -0.2) is 0 Å². The van der Waals surface area contributed by atoms with Gasteiger partial charge in [0.2, 0.25) is 0 Å². The molecule has 0 spiro atoms. The number of hydrogen-bond donors (Lipinski definition) is 0. The molecule has 3 nitrogen and oxygen atoms in total. The molecule has 31 heavy (non-hydrogen) atoms. The average molecular weight is 414 g/mol. The molecule has 0 N–H and O–H groups in total. The Kier molecular flexibility index (Phi) is 15.4. The van der Waals surface area contributed by atoms with Gasteiger partial charge in [0.25, 0.3) is 0 Å². The summed E-state index contributed by atoms with van der Waals surface area (Å²) in [6.45, 7) is 18.6. The molecule has 162 valence electrons. The molecule has 0 aliphatic rings. The summed E-state index contributed by atoms with van der Waals surface area (Å²) in [5.41, 5.74) is 6.91. The van der Waals surface area contributed by atoms with Crippen LogP contribution in [0.25, 0.3) is 5.57 Å². The lowest BCUT2D eigenvalue weighted by molar-refractivity contribution is 0.913. The number of nitrogens with zero attached hydrogens (tertiary/aromatic N) is 3. The molecule has 1 aromatic heterocycles. The van der Waals surface area contributed by atoms with Crippen molar-refractivity contribution in [2.24, 2.45) is 4.99 Å². The van der Waals surface area contributed by atoms with Gasteiger partial charge in [-0.1, -0.05) is 55.3 Å². The third kappa shape index (κ3) is 11.3. The van der Waals surface area contributed by atoms with Gasteiger partial charge in [-0.3, -0.25) is 9.98 Å². The summed E-state index contributed by atoms with van der Waals surface area (Å²) in [4.78, 5) is 7.63. The summed E-state index contributed by atoms with van der Waals surface area (Å²) in [5, 5.41) is 8.87. The van der Waals surface area contributed by atoms with Gasteiger partial charge in [0, 0.05) is 12.4 Å². The van der Waals surface area contributed by atoms with Crippen LogP contribution < -0.4 is 0 Å². The van der Waals surface area contributed by atoms with E-state index in [2.05, 4.69) is 74.9 Å². The first kappa shape index (κ1) is 27.5. The zero-order valence-corrected chi connectivity index (χ0v) is 19.4. The third-order valence-corrected chi connectivity index (χ3v) is 4.20. The van der Waals surface area contributed by atoms with Crippen LogP contribution >= 0.6 is 0 Å². The predicted octanol–water partition coefficient (Wildman–Crippen LogP) is 7.74. The highest BCUT2D eigenvalue weighted by atomic mass is 14.7. The van der Waals surface area contributed by atoms with Crippen LogP contribution in [0.4, 0.5) is 0 Å². The summed E-state index contributed by atoms with van der Waals surface area (Å²) in [6, 6.07) is 13.8. The fraction of sp³-hybridized carbons (Fsp3) is 0.250. The van der Waals surface area contributed by atoms with Crippen molar-refractivity contribution in [3.05, 3.63) is 108 Å². The number of hydrogen-bond acceptors (Lipinski definition) is 3. The Balaban J connectivity index is 0.000000679. The van der Waals surface area contributed by atoms with Crippen LogP contribution in [-0.4, -0.2) is 11.7 Å². The van der Waals surface area contributed by atoms with E-state index < -0.39 is 0 Å². The van der Waals surface area contributed by atoms with Crippen molar-refractivity contribution in [3.8, 4) is 6.07 Å². The fourth-order valence-electron chi connectivity index (χ4n) is 2.69. The van der Waals surface area contributed by atoms with Gasteiger partial charge in [0.15, 0.2) is 0 Å². The van der Waals surface area contributed by atoms with Crippen molar-refractivity contribution in [1.82, 2.24) is 4.98 Å². The molecular formula is C28H35N3. The van der Waals surface area contributed by atoms with Crippen molar-refractivity contribution in [2.75, 3.05) is 0 Å². The molecule has 2 aromatic rings. The quantitative estimate of drug-likeness (QED) is 0.265. The number of allylic oxidation sites excluding steroid dienone is 6. The number of aliphatic imine (C=N–C) groups is 1. The smallest absolute Gasteiger partial charge is 0.0991 e. The Morgan fingerprint density at radius 3 is 2.29 bits per heavy atom. The van der Waals surface area contributed by atoms with E-state index in [4.69, 9.17) is 5.26 Å². The summed E-state index contributed by atoms with van der Waals surface area (Å²) >= 11 is 0. The van der Waals surface area contributed by atoms with Crippen LogP contribution in [0.2, 0.25) is 0 Å². The van der Waals surface area contributed by atoms with Gasteiger partial charge in [-0.2, -0.15) is 5.26 Å². The normalized spacial score (nSPS) is 10.1. The van der Waals surface area contributed by atoms with E-state index in [9.17, 15) is 0 Å². The van der Waals surface area contributed by atoms with Crippen LogP contribution in [-0.2, 0) is 6.54 Å². The maximum atomic E-state index is 8.87. The van der Waals surface area contributed by atoms with Crippen LogP contribution in [0.15, 0.2) is 96.3 Å². The van der Waals surface area contributed by atoms with Crippen LogP contribution in [0, 0.1) is 11.3 Å². The molecule has 0 saturated carbocycles. The predicted molar refractivity (Wildman–Crippen MR) is 136 cm³/mol. The van der Waals surface area contributed by atoms with Gasteiger partial charge in [0.05, 0.1) is 18.2 Å². The maximum absolute atomic E-state index is 8.87. The molecule has 0 saturated heterocycles. The second-order valence-electron chi connectivity index (χ2n) is 6.81. The van der Waals surface area contributed by atoms with Gasteiger partial charge < -0.3 is 0 Å². The monoisotopic (exact) mass is 413 g/mol. The molecule has 0 bridgehead atoms. The highest BCUT2D eigenvalue weighted by Gasteiger charge is 2.02. The van der Waals surface area contributed by atoms with E-state index in [1.165, 1.54) is 16.7 Å². The molecule has 0 radical (unpaired) electrons. The molecule has 0 amide bonds. The van der Waals surface area contributed by atoms with Crippen LogP contribution in [0.1, 0.15) is 57.2 Å². The minimum atomic E-state index is 0.661. The molecule has 0 aliphatic carbocycles. The number of nitriles is 1. The van der Waals surface area contributed by atoms with E-state index in [1.54, 1.807) is 12.4 Å². The minimum Gasteiger partial charge on any atom is -0.296 e. The molecule has 1 aromatic carbocycles. The number of aromatic nitrogens is 1. The number of pyridine rings is 1. The zero-order chi connectivity index (χ0) is 23.5. The molecule has 0 unspecified atom stereocenters. The summed E-state index contributed by atoms with van der Waals surface area (Å²) < 4.78 is 0. The van der Waals surface area contributed by atoms with E-state index in [-0.39, 0.29) is 0 Å². The van der Waals surface area contributed by atoms with Gasteiger partial charge >= 0.3 is 0 Å². The Hall–Kier alpha value is -3.51. The fourth-order valence-corrected chi connectivity index (χ4v) is 2.69. The first-order valence-corrected chi connectivity index (χ1v) is 10.4. The van der Waals surface area contributed by atoms with Crippen molar-refractivity contribution in [3.63, 3.8) is 0 Å². The van der Waals surface area contributed by atoms with Crippen LogP contribution in [0.3, 0.4) is 0 Å². The van der Waals surface area contributed by atoms with E-state index in [0.717, 1.165) is 24.0 Å². The van der Waals surface area contributed by atoms with Crippen molar-refractivity contribution in [2.45, 2.75) is 47.1 Å². The lowest BCUT2D eigenvalue weighted by Gasteiger charge is -2.08. The largest absolute Gasteiger partial charge is 0.296 e. The first-order chi connectivity index (χ1) is 15.0. The zero-order valence-electron chi connectivity index (χ0n) is 19.4. The lowest BCUT2D eigenvalue weighted by atomic mass is 9.97. The van der Waals surface area contributed by atoms with Gasteiger partial charge in [0.1, 0.15) is 0 Å². The van der Waals surface area contributed by atoms with Gasteiger partial charge in [-0.15, -0.1) is 13.2 Å². The lowest BCUT2D eigenvalue weighted by Crippen LogP contribution is -1.87. The molecule has 0 aliphatic heterocycles. The second-order valence-corrected chi connectivity index (χ2v) is 6.81. The highest BCUT2D eigenvalue weighted by Crippen LogP contribution is 2.22. The third-order valence-electron chi connectivity index (χ3n) is 4.20. The molecule has 3 heteroatoms.